The summed E-state index contributed by atoms with van der Waals surface area (Å²) in [5.74, 6) is 0. The number of rotatable bonds is 4. The highest BCUT2D eigenvalue weighted by molar-refractivity contribution is 7.81. The lowest BCUT2D eigenvalue weighted by Crippen LogP contribution is -1.97. The Labute approximate surface area is 55.9 Å². The molecule has 48 valence electrons. The Bertz CT molecular complexity index is 63.5. The highest BCUT2D eigenvalue weighted by atomic mass is 32.1. The second-order valence-electron chi connectivity index (χ2n) is 1.85. The van der Waals surface area contributed by atoms with Gasteiger partial charge in [-0.1, -0.05) is 19.8 Å². The van der Waals surface area contributed by atoms with Crippen molar-refractivity contribution < 1.29 is 4.79 Å². The molecule has 0 saturated carbocycles. The lowest BCUT2D eigenvalue weighted by molar-refractivity contribution is -0.107. The second kappa shape index (κ2) is 5.16. The Morgan fingerprint density at radius 3 is 2.75 bits per heavy atom. The Morgan fingerprint density at radius 2 is 2.38 bits per heavy atom. The van der Waals surface area contributed by atoms with Crippen molar-refractivity contribution in [2.45, 2.75) is 31.4 Å². The summed E-state index contributed by atoms with van der Waals surface area (Å²) in [4.78, 5) is 9.93. The Morgan fingerprint density at radius 1 is 1.75 bits per heavy atom. The fourth-order valence-corrected chi connectivity index (χ4v) is 0.664. The average Bonchev–Trinajstić information content (AvgIpc) is 1.83. The molecule has 0 aliphatic heterocycles. The van der Waals surface area contributed by atoms with Gasteiger partial charge in [0.1, 0.15) is 6.29 Å². The molecular weight excluding hydrogens is 120 g/mol. The third-order valence-electron chi connectivity index (χ3n) is 1.01. The fourth-order valence-electron chi connectivity index (χ4n) is 0.481. The molecule has 1 atom stereocenters. The molecule has 0 aliphatic rings. The Kier molecular flexibility index (Phi) is 5.18. The average molecular weight is 132 g/mol. The minimum absolute atomic E-state index is 0.0325. The highest BCUT2D eigenvalue weighted by Gasteiger charge is 1.96. The van der Waals surface area contributed by atoms with Gasteiger partial charge in [0.05, 0.1) is 5.25 Å². The monoisotopic (exact) mass is 132 g/mol. The van der Waals surface area contributed by atoms with Crippen molar-refractivity contribution in [1.29, 1.82) is 0 Å². The molecule has 2 heteroatoms. The van der Waals surface area contributed by atoms with Crippen molar-refractivity contribution >= 4 is 18.9 Å². The summed E-state index contributed by atoms with van der Waals surface area (Å²) in [6, 6.07) is 0. The molecule has 0 fully saturated rings. The first-order valence-corrected chi connectivity index (χ1v) is 3.46. The van der Waals surface area contributed by atoms with Gasteiger partial charge in [-0.2, -0.15) is 12.6 Å². The maximum atomic E-state index is 9.93. The highest BCUT2D eigenvalue weighted by Crippen LogP contribution is 2.02. The van der Waals surface area contributed by atoms with Crippen LogP contribution in [0.15, 0.2) is 0 Å². The van der Waals surface area contributed by atoms with E-state index in [9.17, 15) is 4.79 Å². The fraction of sp³-hybridized carbons (Fsp3) is 0.833. The summed E-state index contributed by atoms with van der Waals surface area (Å²) in [5, 5.41) is -0.0325. The maximum absolute atomic E-state index is 9.93. The van der Waals surface area contributed by atoms with Crippen LogP contribution >= 0.6 is 12.6 Å². The molecule has 0 rings (SSSR count). The van der Waals surface area contributed by atoms with Crippen LogP contribution < -0.4 is 0 Å². The Balaban J connectivity index is 2.98. The minimum atomic E-state index is -0.0325. The van der Waals surface area contributed by atoms with E-state index >= 15 is 0 Å². The van der Waals surface area contributed by atoms with Crippen molar-refractivity contribution in [3.8, 4) is 0 Å². The number of unbranched alkanes of at least 4 members (excludes halogenated alkanes) is 1. The number of thiol groups is 1. The van der Waals surface area contributed by atoms with Crippen LogP contribution in [0.1, 0.15) is 26.2 Å². The van der Waals surface area contributed by atoms with Crippen LogP contribution in [0.2, 0.25) is 0 Å². The van der Waals surface area contributed by atoms with Gasteiger partial charge in [-0.15, -0.1) is 0 Å². The normalized spacial score (nSPS) is 13.2. The summed E-state index contributed by atoms with van der Waals surface area (Å²) in [6.07, 6.45) is 4.06. The van der Waals surface area contributed by atoms with Gasteiger partial charge in [-0.3, -0.25) is 0 Å². The van der Waals surface area contributed by atoms with E-state index in [4.69, 9.17) is 0 Å². The number of carbonyl (C=O) groups excluding carboxylic acids is 1. The molecule has 8 heavy (non-hydrogen) atoms. The van der Waals surface area contributed by atoms with E-state index in [-0.39, 0.29) is 5.25 Å². The van der Waals surface area contributed by atoms with Gasteiger partial charge < -0.3 is 4.79 Å². The van der Waals surface area contributed by atoms with Gasteiger partial charge in [0.15, 0.2) is 0 Å². The van der Waals surface area contributed by atoms with E-state index in [1.165, 1.54) is 0 Å². The van der Waals surface area contributed by atoms with Crippen LogP contribution in [0, 0.1) is 0 Å². The number of aldehydes is 1. The number of carbonyl (C=O) groups is 1. The third-order valence-corrected chi connectivity index (χ3v) is 1.39. The van der Waals surface area contributed by atoms with E-state index in [1.54, 1.807) is 0 Å². The number of hydrogen-bond acceptors (Lipinski definition) is 2. The van der Waals surface area contributed by atoms with Crippen LogP contribution in [-0.4, -0.2) is 11.5 Å². The molecule has 0 heterocycles. The van der Waals surface area contributed by atoms with Gasteiger partial charge >= 0.3 is 0 Å². The first-order chi connectivity index (χ1) is 3.81. The van der Waals surface area contributed by atoms with Gasteiger partial charge in [0, 0.05) is 0 Å². The number of hydrogen-bond donors (Lipinski definition) is 1. The zero-order chi connectivity index (χ0) is 6.41. The van der Waals surface area contributed by atoms with Crippen molar-refractivity contribution in [2.24, 2.45) is 0 Å². The standard InChI is InChI=1S/C6H12OS/c1-2-3-4-6(8)5-7/h5-6,8H,2-4H2,1H3/t6-/m0/s1. The Hall–Kier alpha value is 0.0200. The maximum Gasteiger partial charge on any atom is 0.132 e. The molecule has 0 N–H and O–H groups in total. The van der Waals surface area contributed by atoms with Crippen LogP contribution in [0.5, 0.6) is 0 Å². The summed E-state index contributed by atoms with van der Waals surface area (Å²) in [5.41, 5.74) is 0. The van der Waals surface area contributed by atoms with Crippen molar-refractivity contribution in [1.82, 2.24) is 0 Å². The molecule has 0 spiro atoms. The molecule has 0 aromatic carbocycles. The molecule has 0 bridgehead atoms. The van der Waals surface area contributed by atoms with E-state index in [0.29, 0.717) is 0 Å². The summed E-state index contributed by atoms with van der Waals surface area (Å²) in [6.45, 7) is 2.10. The van der Waals surface area contributed by atoms with Gasteiger partial charge in [0.25, 0.3) is 0 Å². The third kappa shape index (κ3) is 4.19. The van der Waals surface area contributed by atoms with Gasteiger partial charge in [0.2, 0.25) is 0 Å². The molecule has 0 saturated heterocycles. The molecule has 1 nitrogen and oxygen atoms in total. The van der Waals surface area contributed by atoms with Gasteiger partial charge in [-0.25, -0.2) is 0 Å². The molecule has 0 amide bonds. The smallest absolute Gasteiger partial charge is 0.132 e. The van der Waals surface area contributed by atoms with Crippen molar-refractivity contribution in [3.05, 3.63) is 0 Å². The van der Waals surface area contributed by atoms with Crippen LogP contribution in [0.3, 0.4) is 0 Å². The first-order valence-electron chi connectivity index (χ1n) is 2.94. The zero-order valence-corrected chi connectivity index (χ0v) is 6.03. The molecule has 0 aromatic rings. The van der Waals surface area contributed by atoms with Crippen LogP contribution in [0.25, 0.3) is 0 Å². The molecule has 0 aromatic heterocycles. The summed E-state index contributed by atoms with van der Waals surface area (Å²) in [7, 11) is 0. The topological polar surface area (TPSA) is 17.1 Å². The predicted molar refractivity (Wildman–Crippen MR) is 38.4 cm³/mol. The van der Waals surface area contributed by atoms with Gasteiger partial charge in [-0.05, 0) is 6.42 Å². The van der Waals surface area contributed by atoms with E-state index < -0.39 is 0 Å². The molecule has 0 unspecified atom stereocenters. The van der Waals surface area contributed by atoms with Crippen LogP contribution in [0.4, 0.5) is 0 Å². The molecular formula is C6H12OS. The lowest BCUT2D eigenvalue weighted by atomic mass is 10.2. The van der Waals surface area contributed by atoms with E-state index in [1.807, 2.05) is 0 Å². The SMILES string of the molecule is CCCC[C@H](S)C=O. The van der Waals surface area contributed by atoms with E-state index in [0.717, 1.165) is 25.5 Å². The van der Waals surface area contributed by atoms with E-state index in [2.05, 4.69) is 19.6 Å². The first kappa shape index (κ1) is 8.02. The van der Waals surface area contributed by atoms with Crippen molar-refractivity contribution in [2.75, 3.05) is 0 Å². The summed E-state index contributed by atoms with van der Waals surface area (Å²) < 4.78 is 0. The quantitative estimate of drug-likeness (QED) is 0.455. The predicted octanol–water partition coefficient (Wildman–Crippen LogP) is 1.67. The zero-order valence-electron chi connectivity index (χ0n) is 5.13. The largest absolute Gasteiger partial charge is 0.302 e. The summed E-state index contributed by atoms with van der Waals surface area (Å²) >= 11 is 4.00. The second-order valence-corrected chi connectivity index (χ2v) is 2.51. The van der Waals surface area contributed by atoms with Crippen molar-refractivity contribution in [3.63, 3.8) is 0 Å². The van der Waals surface area contributed by atoms with Crippen LogP contribution in [-0.2, 0) is 4.79 Å². The lowest BCUT2D eigenvalue weighted by Gasteiger charge is -1.97. The minimum Gasteiger partial charge on any atom is -0.302 e. The molecule has 0 radical (unpaired) electrons. The molecule has 0 aliphatic carbocycles.